The minimum Gasteiger partial charge on any atom is -0.353 e. The number of halogens is 1. The van der Waals surface area contributed by atoms with Gasteiger partial charge in [-0.25, -0.2) is 4.39 Å². The minimum atomic E-state index is -0.659. The van der Waals surface area contributed by atoms with Crippen molar-refractivity contribution in [3.63, 3.8) is 0 Å². The van der Waals surface area contributed by atoms with Crippen molar-refractivity contribution in [1.29, 1.82) is 0 Å². The first-order valence-corrected chi connectivity index (χ1v) is 14.9. The van der Waals surface area contributed by atoms with Gasteiger partial charge in [-0.2, -0.15) is 0 Å². The quantitative estimate of drug-likeness (QED) is 0.322. The van der Waals surface area contributed by atoms with Gasteiger partial charge in [0, 0.05) is 37.1 Å². The van der Waals surface area contributed by atoms with Crippen LogP contribution in [0.25, 0.3) is 0 Å². The summed E-state index contributed by atoms with van der Waals surface area (Å²) in [7, 11) is 0. The molecule has 206 valence electrons. The molecule has 0 spiro atoms. The number of likely N-dealkylation sites (tertiary alicyclic amines) is 1. The Hall–Kier alpha value is -0.840. The predicted octanol–water partition coefficient (Wildman–Crippen LogP) is 1.24. The summed E-state index contributed by atoms with van der Waals surface area (Å²) in [6, 6.07) is 1.19. The van der Waals surface area contributed by atoms with Gasteiger partial charge in [0.15, 0.2) is 0 Å². The number of carbonyl (C=O) groups excluding carboxylic acids is 1. The molecule has 6 N–H and O–H groups in total. The zero-order valence-electron chi connectivity index (χ0n) is 22.2. The molecular weight excluding hydrogens is 457 g/mol. The smallest absolute Gasteiger partial charge is 0.223 e. The molecule has 4 heterocycles. The van der Waals surface area contributed by atoms with E-state index in [0.717, 1.165) is 77.3 Å². The number of piperidine rings is 3. The number of amides is 1. The Bertz CT molecular complexity index is 700. The van der Waals surface area contributed by atoms with Crippen LogP contribution in [-0.4, -0.2) is 86.8 Å². The Morgan fingerprint density at radius 2 is 1.78 bits per heavy atom. The molecule has 0 aromatic heterocycles. The van der Waals surface area contributed by atoms with Crippen molar-refractivity contribution in [2.75, 3.05) is 39.3 Å². The lowest BCUT2D eigenvalue weighted by molar-refractivity contribution is -0.128. The van der Waals surface area contributed by atoms with Crippen LogP contribution in [0.3, 0.4) is 0 Å². The van der Waals surface area contributed by atoms with Crippen molar-refractivity contribution < 1.29 is 9.18 Å². The van der Waals surface area contributed by atoms with Gasteiger partial charge in [0.1, 0.15) is 12.5 Å². The first kappa shape index (κ1) is 26.8. The van der Waals surface area contributed by atoms with Gasteiger partial charge < -0.3 is 16.0 Å². The molecule has 36 heavy (non-hydrogen) atoms. The van der Waals surface area contributed by atoms with Gasteiger partial charge in [0.05, 0.1) is 6.17 Å². The number of hydrogen-bond donors (Lipinski definition) is 6. The average molecular weight is 508 g/mol. The van der Waals surface area contributed by atoms with E-state index in [1.807, 2.05) is 0 Å². The SMILES string of the molecule is CC1CCC(NC(=O)C2CCNC(N3CCC(F)CC3)C2)CC1NC1NCCC(C2CCCNC2)N1. The van der Waals surface area contributed by atoms with Gasteiger partial charge in [-0.15, -0.1) is 0 Å². The Kier molecular flexibility index (Phi) is 9.52. The van der Waals surface area contributed by atoms with Gasteiger partial charge in [0.25, 0.3) is 0 Å². The highest BCUT2D eigenvalue weighted by atomic mass is 19.1. The zero-order valence-corrected chi connectivity index (χ0v) is 22.2. The van der Waals surface area contributed by atoms with Crippen LogP contribution in [0.15, 0.2) is 0 Å². The standard InChI is InChI=1S/C27H50FN7O/c1-18-4-5-22(16-24(18)34-27-31-12-7-23(33-27)20-3-2-10-29-17-20)32-26(36)19-6-11-30-25(15-19)35-13-8-21(28)9-14-35/h18-25,27,29-31,33-34H,2-17H2,1H3,(H,32,36). The lowest BCUT2D eigenvalue weighted by atomic mass is 9.82. The highest BCUT2D eigenvalue weighted by molar-refractivity contribution is 5.79. The second-order valence-electron chi connectivity index (χ2n) is 12.2. The highest BCUT2D eigenvalue weighted by Gasteiger charge is 2.36. The van der Waals surface area contributed by atoms with Crippen LogP contribution in [0.4, 0.5) is 4.39 Å². The first-order chi connectivity index (χ1) is 17.5. The Labute approximate surface area is 217 Å². The summed E-state index contributed by atoms with van der Waals surface area (Å²) >= 11 is 0. The van der Waals surface area contributed by atoms with Crippen molar-refractivity contribution in [2.24, 2.45) is 17.8 Å². The fraction of sp³-hybridized carbons (Fsp3) is 0.963. The van der Waals surface area contributed by atoms with E-state index in [-0.39, 0.29) is 30.3 Å². The largest absolute Gasteiger partial charge is 0.353 e. The molecule has 1 amide bonds. The van der Waals surface area contributed by atoms with E-state index in [2.05, 4.69) is 43.7 Å². The van der Waals surface area contributed by atoms with E-state index in [0.29, 0.717) is 30.8 Å². The molecule has 0 radical (unpaired) electrons. The molecule has 4 aliphatic heterocycles. The Morgan fingerprint density at radius 3 is 2.58 bits per heavy atom. The third-order valence-corrected chi connectivity index (χ3v) is 9.66. The topological polar surface area (TPSA) is 92.5 Å². The predicted molar refractivity (Wildman–Crippen MR) is 141 cm³/mol. The van der Waals surface area contributed by atoms with Crippen molar-refractivity contribution in [2.45, 2.75) is 108 Å². The van der Waals surface area contributed by atoms with Crippen LogP contribution in [0, 0.1) is 17.8 Å². The highest BCUT2D eigenvalue weighted by Crippen LogP contribution is 2.27. The first-order valence-electron chi connectivity index (χ1n) is 14.9. The van der Waals surface area contributed by atoms with Crippen LogP contribution < -0.4 is 31.9 Å². The van der Waals surface area contributed by atoms with E-state index in [1.54, 1.807) is 0 Å². The van der Waals surface area contributed by atoms with Crippen molar-refractivity contribution in [1.82, 2.24) is 36.8 Å². The van der Waals surface area contributed by atoms with E-state index < -0.39 is 6.17 Å². The maximum absolute atomic E-state index is 13.6. The molecule has 0 aromatic rings. The van der Waals surface area contributed by atoms with Crippen LogP contribution in [0.1, 0.15) is 71.1 Å². The monoisotopic (exact) mass is 507 g/mol. The lowest BCUT2D eigenvalue weighted by Crippen LogP contribution is -2.66. The van der Waals surface area contributed by atoms with Crippen molar-refractivity contribution >= 4 is 5.91 Å². The maximum atomic E-state index is 13.6. The normalized spacial score (nSPS) is 41.6. The second-order valence-corrected chi connectivity index (χ2v) is 12.2. The fourth-order valence-corrected chi connectivity index (χ4v) is 7.25. The molecule has 0 bridgehead atoms. The molecule has 9 heteroatoms. The average Bonchev–Trinajstić information content (AvgIpc) is 2.92. The second kappa shape index (κ2) is 12.8. The molecule has 8 nitrogen and oxygen atoms in total. The molecule has 8 unspecified atom stereocenters. The molecule has 0 aromatic carbocycles. The molecule has 5 rings (SSSR count). The third-order valence-electron chi connectivity index (χ3n) is 9.66. The number of nitrogens with one attached hydrogen (secondary N) is 6. The molecule has 1 saturated carbocycles. The molecule has 5 aliphatic rings. The summed E-state index contributed by atoms with van der Waals surface area (Å²) < 4.78 is 13.6. The Balaban J connectivity index is 1.09. The van der Waals surface area contributed by atoms with Gasteiger partial charge in [-0.3, -0.25) is 25.6 Å². The van der Waals surface area contributed by atoms with Crippen LogP contribution in [-0.2, 0) is 4.79 Å². The summed E-state index contributed by atoms with van der Waals surface area (Å²) in [6.07, 6.45) is 9.62. The zero-order chi connectivity index (χ0) is 24.9. The van der Waals surface area contributed by atoms with Crippen molar-refractivity contribution in [3.8, 4) is 0 Å². The summed E-state index contributed by atoms with van der Waals surface area (Å²) in [4.78, 5) is 15.6. The molecule has 4 saturated heterocycles. The van der Waals surface area contributed by atoms with Gasteiger partial charge in [0.2, 0.25) is 5.91 Å². The van der Waals surface area contributed by atoms with E-state index in [4.69, 9.17) is 0 Å². The van der Waals surface area contributed by atoms with Gasteiger partial charge in [-0.1, -0.05) is 6.92 Å². The van der Waals surface area contributed by atoms with Crippen LogP contribution >= 0.6 is 0 Å². The van der Waals surface area contributed by atoms with Crippen LogP contribution in [0.5, 0.6) is 0 Å². The molecular formula is C27H50FN7O. The summed E-state index contributed by atoms with van der Waals surface area (Å²) in [5, 5.41) is 21.9. The number of alkyl halides is 1. The van der Waals surface area contributed by atoms with E-state index >= 15 is 0 Å². The fourth-order valence-electron chi connectivity index (χ4n) is 7.25. The molecule has 8 atom stereocenters. The Morgan fingerprint density at radius 1 is 0.944 bits per heavy atom. The number of nitrogens with zero attached hydrogens (tertiary/aromatic N) is 1. The molecule has 1 aliphatic carbocycles. The number of carbonyl (C=O) groups is 1. The summed E-state index contributed by atoms with van der Waals surface area (Å²) in [5.41, 5.74) is 0. The third kappa shape index (κ3) is 6.97. The van der Waals surface area contributed by atoms with Gasteiger partial charge in [-0.05, 0) is 102 Å². The van der Waals surface area contributed by atoms with E-state index in [9.17, 15) is 9.18 Å². The summed E-state index contributed by atoms with van der Waals surface area (Å²) in [6.45, 7) is 8.13. The van der Waals surface area contributed by atoms with E-state index in [1.165, 1.54) is 19.3 Å². The lowest BCUT2D eigenvalue weighted by Gasteiger charge is -2.43. The van der Waals surface area contributed by atoms with Crippen molar-refractivity contribution in [3.05, 3.63) is 0 Å². The molecule has 5 fully saturated rings. The maximum Gasteiger partial charge on any atom is 0.223 e. The van der Waals surface area contributed by atoms with Gasteiger partial charge >= 0.3 is 0 Å². The number of hydrogen-bond acceptors (Lipinski definition) is 7. The minimum absolute atomic E-state index is 0.0525. The van der Waals surface area contributed by atoms with Crippen LogP contribution in [0.2, 0.25) is 0 Å². The summed E-state index contributed by atoms with van der Waals surface area (Å²) in [5.74, 6) is 1.59. The number of rotatable bonds is 6.